The minimum Gasteiger partial charge on any atom is -0.444 e. The lowest BCUT2D eigenvalue weighted by Crippen LogP contribution is -2.51. The molecule has 0 radical (unpaired) electrons. The molecular formula is C22H24N2O6. The van der Waals surface area contributed by atoms with Crippen LogP contribution in [-0.4, -0.2) is 36.0 Å². The number of benzene rings is 2. The first-order chi connectivity index (χ1) is 14.0. The van der Waals surface area contributed by atoms with E-state index in [9.17, 15) is 19.2 Å². The maximum Gasteiger partial charge on any atom is 0.339 e. The molecule has 2 aromatic carbocycles. The van der Waals surface area contributed by atoms with Gasteiger partial charge < -0.3 is 20.9 Å². The molecule has 0 saturated heterocycles. The second-order valence-electron chi connectivity index (χ2n) is 7.21. The van der Waals surface area contributed by atoms with Gasteiger partial charge in [0.15, 0.2) is 0 Å². The van der Waals surface area contributed by atoms with Crippen molar-refractivity contribution in [3.63, 3.8) is 0 Å². The van der Waals surface area contributed by atoms with E-state index in [0.29, 0.717) is 0 Å². The summed E-state index contributed by atoms with van der Waals surface area (Å²) in [7, 11) is 0. The highest BCUT2D eigenvalue weighted by molar-refractivity contribution is 5.97. The lowest BCUT2D eigenvalue weighted by Gasteiger charge is -2.22. The Hall–Kier alpha value is -3.68. The Labute approximate surface area is 174 Å². The van der Waals surface area contributed by atoms with Crippen LogP contribution in [0.25, 0.3) is 0 Å². The number of amides is 2. The third-order valence-corrected chi connectivity index (χ3v) is 4.22. The highest BCUT2D eigenvalue weighted by atomic mass is 16.6. The number of esters is 2. The number of hydrogen-bond acceptors (Lipinski definition) is 6. The molecule has 2 aromatic rings. The van der Waals surface area contributed by atoms with Gasteiger partial charge in [0.2, 0.25) is 12.2 Å². The molecule has 0 bridgehead atoms. The van der Waals surface area contributed by atoms with Crippen LogP contribution < -0.4 is 11.5 Å². The number of carbonyl (C=O) groups excluding carboxylic acids is 4. The summed E-state index contributed by atoms with van der Waals surface area (Å²) in [6, 6.07) is 9.89. The van der Waals surface area contributed by atoms with Gasteiger partial charge in [0.1, 0.15) is 0 Å². The molecule has 2 amide bonds. The van der Waals surface area contributed by atoms with Gasteiger partial charge in [-0.25, -0.2) is 9.59 Å². The Morgan fingerprint density at radius 3 is 1.10 bits per heavy atom. The fraction of sp³-hybridized carbons (Fsp3) is 0.273. The lowest BCUT2D eigenvalue weighted by molar-refractivity contribution is -0.143. The van der Waals surface area contributed by atoms with Crippen molar-refractivity contribution in [2.45, 2.75) is 39.9 Å². The average Bonchev–Trinajstić information content (AvgIpc) is 2.62. The van der Waals surface area contributed by atoms with Crippen LogP contribution in [-0.2, 0) is 19.1 Å². The number of aryl methyl sites for hydroxylation is 4. The van der Waals surface area contributed by atoms with E-state index < -0.39 is 36.0 Å². The van der Waals surface area contributed by atoms with Crippen LogP contribution in [0.3, 0.4) is 0 Å². The van der Waals surface area contributed by atoms with E-state index in [0.717, 1.165) is 22.3 Å². The SMILES string of the molecule is Cc1cc(C)cc(C(=O)OC(C(N)=O)C(OC(=O)c2cc(C)cc(C)c2)C(N)=O)c1. The van der Waals surface area contributed by atoms with Gasteiger partial charge in [0.25, 0.3) is 11.8 Å². The Bertz CT molecular complexity index is 893. The molecular weight excluding hydrogens is 388 g/mol. The van der Waals surface area contributed by atoms with Crippen LogP contribution in [0.4, 0.5) is 0 Å². The molecule has 8 nitrogen and oxygen atoms in total. The standard InChI is InChI=1S/C22H24N2O6/c1-11-5-12(2)8-15(7-11)21(27)29-17(19(23)25)18(20(24)26)30-22(28)16-9-13(3)6-14(4)10-16/h5-10,17-18H,1-4H3,(H2,23,25)(H2,24,26). The number of ether oxygens (including phenoxy) is 2. The molecule has 2 atom stereocenters. The van der Waals surface area contributed by atoms with Crippen molar-refractivity contribution in [1.29, 1.82) is 0 Å². The second kappa shape index (κ2) is 9.21. The summed E-state index contributed by atoms with van der Waals surface area (Å²) in [6.07, 6.45) is -3.77. The van der Waals surface area contributed by atoms with Gasteiger partial charge in [0, 0.05) is 0 Å². The summed E-state index contributed by atoms with van der Waals surface area (Å²) in [5.41, 5.74) is 14.1. The van der Waals surface area contributed by atoms with Gasteiger partial charge in [-0.05, 0) is 52.0 Å². The van der Waals surface area contributed by atoms with E-state index in [-0.39, 0.29) is 11.1 Å². The minimum atomic E-state index is -1.88. The predicted molar refractivity (Wildman–Crippen MR) is 109 cm³/mol. The molecule has 4 N–H and O–H groups in total. The Morgan fingerprint density at radius 2 is 0.867 bits per heavy atom. The molecule has 0 spiro atoms. The van der Waals surface area contributed by atoms with Crippen LogP contribution in [0, 0.1) is 27.7 Å². The van der Waals surface area contributed by atoms with Crippen molar-refractivity contribution in [2.24, 2.45) is 11.5 Å². The molecule has 158 valence electrons. The molecule has 2 rings (SSSR count). The van der Waals surface area contributed by atoms with Crippen molar-refractivity contribution in [1.82, 2.24) is 0 Å². The monoisotopic (exact) mass is 412 g/mol. The highest BCUT2D eigenvalue weighted by Gasteiger charge is 2.38. The third kappa shape index (κ3) is 5.66. The Kier molecular flexibility index (Phi) is 6.94. The van der Waals surface area contributed by atoms with Gasteiger partial charge in [0.05, 0.1) is 11.1 Å². The van der Waals surface area contributed by atoms with Gasteiger partial charge in [-0.2, -0.15) is 0 Å². The quantitative estimate of drug-likeness (QED) is 0.663. The summed E-state index contributed by atoms with van der Waals surface area (Å²) in [6.45, 7) is 7.14. The average molecular weight is 412 g/mol. The summed E-state index contributed by atoms with van der Waals surface area (Å²) in [5, 5.41) is 0. The lowest BCUT2D eigenvalue weighted by atomic mass is 10.1. The molecule has 0 aliphatic rings. The third-order valence-electron chi connectivity index (χ3n) is 4.22. The Balaban J connectivity index is 2.29. The van der Waals surface area contributed by atoms with Crippen molar-refractivity contribution in [2.75, 3.05) is 0 Å². The van der Waals surface area contributed by atoms with Crippen LogP contribution in [0.2, 0.25) is 0 Å². The van der Waals surface area contributed by atoms with E-state index in [1.807, 2.05) is 12.1 Å². The van der Waals surface area contributed by atoms with Crippen molar-refractivity contribution < 1.29 is 28.7 Å². The molecule has 0 saturated carbocycles. The molecule has 0 heterocycles. The van der Waals surface area contributed by atoms with Gasteiger partial charge in [-0.15, -0.1) is 0 Å². The molecule has 8 heteroatoms. The highest BCUT2D eigenvalue weighted by Crippen LogP contribution is 2.16. The summed E-state index contributed by atoms with van der Waals surface area (Å²) < 4.78 is 10.2. The molecule has 0 fully saturated rings. The normalized spacial score (nSPS) is 12.5. The summed E-state index contributed by atoms with van der Waals surface area (Å²) in [4.78, 5) is 48.9. The van der Waals surface area contributed by atoms with Crippen molar-refractivity contribution >= 4 is 23.8 Å². The zero-order valence-corrected chi connectivity index (χ0v) is 17.2. The largest absolute Gasteiger partial charge is 0.444 e. The fourth-order valence-electron chi connectivity index (χ4n) is 3.09. The second-order valence-corrected chi connectivity index (χ2v) is 7.21. The molecule has 0 aromatic heterocycles. The number of carbonyl (C=O) groups is 4. The van der Waals surface area contributed by atoms with Gasteiger partial charge >= 0.3 is 11.9 Å². The molecule has 0 aliphatic carbocycles. The van der Waals surface area contributed by atoms with E-state index in [2.05, 4.69) is 0 Å². The number of primary amides is 2. The summed E-state index contributed by atoms with van der Waals surface area (Å²) in [5.74, 6) is -4.16. The fourth-order valence-corrected chi connectivity index (χ4v) is 3.09. The number of rotatable bonds is 7. The van der Waals surface area contributed by atoms with Crippen LogP contribution >= 0.6 is 0 Å². The van der Waals surface area contributed by atoms with Crippen molar-refractivity contribution in [3.05, 3.63) is 69.8 Å². The number of nitrogens with two attached hydrogens (primary N) is 2. The van der Waals surface area contributed by atoms with Crippen LogP contribution in [0.1, 0.15) is 43.0 Å². The maximum absolute atomic E-state index is 12.5. The van der Waals surface area contributed by atoms with E-state index in [1.165, 1.54) is 0 Å². The molecule has 30 heavy (non-hydrogen) atoms. The van der Waals surface area contributed by atoms with Crippen molar-refractivity contribution in [3.8, 4) is 0 Å². The van der Waals surface area contributed by atoms with Crippen LogP contribution in [0.15, 0.2) is 36.4 Å². The first kappa shape index (κ1) is 22.6. The zero-order chi connectivity index (χ0) is 22.6. The topological polar surface area (TPSA) is 139 Å². The predicted octanol–water partition coefficient (Wildman–Crippen LogP) is 1.64. The summed E-state index contributed by atoms with van der Waals surface area (Å²) >= 11 is 0. The van der Waals surface area contributed by atoms with Gasteiger partial charge in [-0.1, -0.05) is 34.4 Å². The van der Waals surface area contributed by atoms with Crippen LogP contribution in [0.5, 0.6) is 0 Å². The van der Waals surface area contributed by atoms with E-state index in [1.54, 1.807) is 52.0 Å². The zero-order valence-electron chi connectivity index (χ0n) is 17.2. The van der Waals surface area contributed by atoms with E-state index in [4.69, 9.17) is 20.9 Å². The molecule has 0 aliphatic heterocycles. The van der Waals surface area contributed by atoms with Gasteiger partial charge in [-0.3, -0.25) is 9.59 Å². The first-order valence-corrected chi connectivity index (χ1v) is 9.15. The first-order valence-electron chi connectivity index (χ1n) is 9.15. The maximum atomic E-state index is 12.5. The molecule has 2 unspecified atom stereocenters. The number of hydrogen-bond donors (Lipinski definition) is 2. The Morgan fingerprint density at radius 1 is 0.600 bits per heavy atom. The minimum absolute atomic E-state index is 0.155. The smallest absolute Gasteiger partial charge is 0.339 e. The van der Waals surface area contributed by atoms with E-state index >= 15 is 0 Å².